The van der Waals surface area contributed by atoms with Gasteiger partial charge in [-0.3, -0.25) is 28.4 Å². The minimum atomic E-state index is -5.84. The van der Waals surface area contributed by atoms with Crippen molar-refractivity contribution in [3.63, 3.8) is 0 Å². The molecule has 1 fully saturated rings. The second-order valence-electron chi connectivity index (χ2n) is 21.0. The number of azide groups is 1. The maximum absolute atomic E-state index is 13.4. The molecule has 0 radical (unpaired) electrons. The Morgan fingerprint density at radius 1 is 0.860 bits per heavy atom. The summed E-state index contributed by atoms with van der Waals surface area (Å²) in [5.74, 6) is 2.28. The van der Waals surface area contributed by atoms with Gasteiger partial charge in [0.15, 0.2) is 21.1 Å². The van der Waals surface area contributed by atoms with E-state index in [1.165, 1.54) is 33.7 Å². The number of fused-ring (bicyclic) bond motifs is 2. The van der Waals surface area contributed by atoms with Gasteiger partial charge in [-0.1, -0.05) is 38.5 Å². The number of nitrogen functional groups attached to an aromatic ring is 2. The molecule has 41 nitrogen and oxygen atoms in total. The number of unbranched alkanes of at least 4 members (excludes halogenated alkanes) is 1. The number of hydrogen-bond acceptors (Lipinski definition) is 30. The molecule has 2 unspecified atom stereocenters. The number of hydrogen-bond donors (Lipinski definition) is 13. The molecule has 3 aliphatic rings. The van der Waals surface area contributed by atoms with Crippen LogP contribution in [0.3, 0.4) is 0 Å². The summed E-state index contributed by atoms with van der Waals surface area (Å²) in [6.07, 6.45) is -2.77. The maximum Gasteiger partial charge on any atom is 0.490 e. The molecule has 6 rings (SSSR count). The summed E-state index contributed by atoms with van der Waals surface area (Å²) in [6.45, 7) is 3.06. The number of amides is 3. The first kappa shape index (κ1) is 81.7. The summed E-state index contributed by atoms with van der Waals surface area (Å²) in [7, 11) is -24.6. The van der Waals surface area contributed by atoms with E-state index in [0.717, 1.165) is 41.1 Å². The molecule has 3 heterocycles. The monoisotopic (exact) mass is 1550 g/mol. The Bertz CT molecular complexity index is 4410. The topological polar surface area (TPSA) is 630 Å². The first-order chi connectivity index (χ1) is 46.9. The number of ether oxygens (including phenoxy) is 7. The molecule has 0 saturated carbocycles. The van der Waals surface area contributed by atoms with Crippen molar-refractivity contribution < 1.29 is 134 Å². The normalized spacial score (nSPS) is 16.1. The van der Waals surface area contributed by atoms with Crippen molar-refractivity contribution in [3.8, 4) is 34.3 Å². The molecule has 5 atom stereocenters. The van der Waals surface area contributed by atoms with E-state index in [9.17, 15) is 78.5 Å². The lowest BCUT2D eigenvalue weighted by Gasteiger charge is -2.22. The second kappa shape index (κ2) is 36.5. The van der Waals surface area contributed by atoms with E-state index in [-0.39, 0.29) is 109 Å². The molecular formula is C52H66N11O30P3S4. The van der Waals surface area contributed by atoms with E-state index in [1.54, 1.807) is 0 Å². The van der Waals surface area contributed by atoms with E-state index in [0.29, 0.717) is 31.8 Å². The number of aromatic carboxylic acids is 1. The molecule has 3 aromatic rings. The van der Waals surface area contributed by atoms with Gasteiger partial charge in [0.1, 0.15) is 30.8 Å². The van der Waals surface area contributed by atoms with Crippen molar-refractivity contribution in [1.82, 2.24) is 25.5 Å². The molecule has 2 aliphatic heterocycles. The summed E-state index contributed by atoms with van der Waals surface area (Å²) in [6, 6.07) is 7.80. The van der Waals surface area contributed by atoms with Gasteiger partial charge in [0.05, 0.1) is 81.1 Å². The van der Waals surface area contributed by atoms with Crippen LogP contribution < -0.4 is 38.5 Å². The predicted octanol–water partition coefficient (Wildman–Crippen LogP) is 4.45. The number of nitrogens with one attached hydrogen (secondary N) is 4. The number of anilines is 2. The third kappa shape index (κ3) is 25.0. The lowest BCUT2D eigenvalue weighted by molar-refractivity contribution is -0.0601. The zero-order valence-electron chi connectivity index (χ0n) is 52.3. The van der Waals surface area contributed by atoms with Gasteiger partial charge in [-0.15, -0.1) is 0 Å². The predicted molar refractivity (Wildman–Crippen MR) is 349 cm³/mol. The third-order valence-corrected chi connectivity index (χ3v) is 21.9. The summed E-state index contributed by atoms with van der Waals surface area (Å²) in [5, 5.41) is 28.3. The molecule has 1 saturated heterocycles. The van der Waals surface area contributed by atoms with Gasteiger partial charge in [0.2, 0.25) is 0 Å². The smallest absolute Gasteiger partial charge is 0.478 e. The fourth-order valence-electron chi connectivity index (χ4n) is 8.90. The minimum Gasteiger partial charge on any atom is -0.478 e. The van der Waals surface area contributed by atoms with Crippen molar-refractivity contribution in [3.05, 3.63) is 91.6 Å². The molecule has 1 aliphatic carbocycles. The van der Waals surface area contributed by atoms with Crippen LogP contribution in [0, 0.1) is 17.3 Å². The first-order valence-corrected chi connectivity index (χ1v) is 38.4. The average molecular weight is 1550 g/mol. The van der Waals surface area contributed by atoms with Crippen molar-refractivity contribution in [1.29, 1.82) is 5.41 Å². The number of aromatic nitrogens is 2. The molecule has 15 N–H and O–H groups in total. The Kier molecular flexibility index (Phi) is 29.8. The zero-order valence-corrected chi connectivity index (χ0v) is 58.2. The van der Waals surface area contributed by atoms with Gasteiger partial charge in [-0.05, 0) is 86.7 Å². The van der Waals surface area contributed by atoms with Crippen LogP contribution in [-0.2, 0) is 80.2 Å². The third-order valence-electron chi connectivity index (χ3n) is 13.2. The number of rotatable bonds is 38. The van der Waals surface area contributed by atoms with Crippen LogP contribution in [0.2, 0.25) is 0 Å². The SMILES string of the molecule is CC(C)(CCOC(=O)NCCOCCOCCNC(=O)c1ccc(C(=O)O)c(-c2c3ccc(=N)c(S(=O)(=O)O)c-3oc3c(S(=O)(=O)O)c(N)ccc23)c1)SSCOCCCCOC(=O)NCC#Cc1cn([C@H]2C[C@H](OCN=[N+]=[N-])[C@@H](COP(=O)(O)OP(=O)(O)OP(=O)(O)O)O2)c(=O)nc1N. The molecule has 0 spiro atoms. The largest absolute Gasteiger partial charge is 0.490 e. The number of carbonyl (C=O) groups excluding carboxylic acids is 3. The number of phosphoric ester groups is 1. The highest BCUT2D eigenvalue weighted by Crippen LogP contribution is 2.66. The fourth-order valence-corrected chi connectivity index (χ4v) is 15.7. The van der Waals surface area contributed by atoms with Crippen LogP contribution in [0.1, 0.15) is 72.0 Å². The number of alkyl carbamates (subject to hydrolysis) is 2. The lowest BCUT2D eigenvalue weighted by Crippen LogP contribution is -2.30. The number of nitrogens with two attached hydrogens (primary N) is 2. The van der Waals surface area contributed by atoms with Crippen LogP contribution in [0.4, 0.5) is 21.1 Å². The Balaban J connectivity index is 0.812. The van der Waals surface area contributed by atoms with Crippen LogP contribution in [0.15, 0.2) is 72.8 Å². The van der Waals surface area contributed by atoms with Crippen LogP contribution >= 0.6 is 45.1 Å². The van der Waals surface area contributed by atoms with Crippen LogP contribution in [0.25, 0.3) is 43.9 Å². The van der Waals surface area contributed by atoms with Gasteiger partial charge in [0, 0.05) is 64.0 Å². The molecule has 48 heteroatoms. The highest BCUT2D eigenvalue weighted by atomic mass is 33.1. The quantitative estimate of drug-likeness (QED) is 0.00222. The highest BCUT2D eigenvalue weighted by Gasteiger charge is 2.44. The van der Waals surface area contributed by atoms with E-state index in [2.05, 4.69) is 55.9 Å². The molecule has 3 amide bonds. The molecule has 2 aromatic carbocycles. The average Bonchev–Trinajstić information content (AvgIpc) is 0.775. The summed E-state index contributed by atoms with van der Waals surface area (Å²) < 4.78 is 162. The van der Waals surface area contributed by atoms with Crippen LogP contribution in [0.5, 0.6) is 0 Å². The van der Waals surface area contributed by atoms with E-state index in [1.807, 2.05) is 13.8 Å². The van der Waals surface area contributed by atoms with Gasteiger partial charge in [-0.2, -0.15) is 30.4 Å². The van der Waals surface area contributed by atoms with Gasteiger partial charge < -0.3 is 89.7 Å². The number of carbonyl (C=O) groups is 4. The number of carboxylic acids is 1. The van der Waals surface area contributed by atoms with Crippen molar-refractivity contribution >= 4 is 112 Å². The molecular weight excluding hydrogens is 1480 g/mol. The van der Waals surface area contributed by atoms with E-state index < -0.39 is 143 Å². The van der Waals surface area contributed by atoms with Crippen molar-refractivity contribution in [2.24, 2.45) is 5.11 Å². The van der Waals surface area contributed by atoms with Crippen molar-refractivity contribution in [2.75, 3.05) is 96.6 Å². The van der Waals surface area contributed by atoms with Crippen LogP contribution in [-0.4, -0.2) is 186 Å². The van der Waals surface area contributed by atoms with Crippen molar-refractivity contribution in [2.45, 2.75) is 72.5 Å². The summed E-state index contributed by atoms with van der Waals surface area (Å²) in [4.78, 5) is 104. The summed E-state index contributed by atoms with van der Waals surface area (Å²) >= 11 is 0. The van der Waals surface area contributed by atoms with E-state index >= 15 is 0 Å². The van der Waals surface area contributed by atoms with Gasteiger partial charge >= 0.3 is 47.3 Å². The Labute approximate surface area is 574 Å². The standard InChI is InChI=1S/C52H66N11O30P3S4/c1-52(2,98-97-29-85-17-3-4-18-86-50(68)58-14-5-6-31-26-63(49(67)61-46(31)55)40-25-38(88-28-60-62-56)39(90-40)27-89-95(73,74)93-96(75,76)92-94(70,71)72)13-19-87-51(69)59-16-21-84-23-22-83-20-15-57-47(64)30-7-8-32(48(65)66)35(24-30)41-33-9-11-36(53)44(99(77,78)79)42(33)91-43-34(41)10-12-37(54)45(43)100(80,81)82/h7-12,24,26,38-40,53H,3-4,13-23,25,27-29,54H2,1-2H3,(H,57,64)(H,58,68)(H,59,69)(H,65,66)(H,73,74)(H,75,76)(H2,55,61,67)(H2,70,71,72)(H,77,78,79)(H,80,81,82)/t38-,39+,40+/m0/s1. The Hall–Kier alpha value is -7.31. The van der Waals surface area contributed by atoms with Gasteiger partial charge in [0.25, 0.3) is 26.1 Å². The fraction of sp³-hybridized carbons (Fsp3) is 0.442. The summed E-state index contributed by atoms with van der Waals surface area (Å²) in [5.41, 5.74) is 16.9. The first-order valence-electron chi connectivity index (χ1n) is 28.7. The number of benzene rings is 3. The number of phosphoric acid groups is 3. The van der Waals surface area contributed by atoms with E-state index in [4.69, 9.17) is 69.8 Å². The van der Waals surface area contributed by atoms with Gasteiger partial charge in [-0.25, -0.2) is 32.9 Å². The Morgan fingerprint density at radius 3 is 2.20 bits per heavy atom. The lowest BCUT2D eigenvalue weighted by atomic mass is 9.89. The molecule has 548 valence electrons. The highest BCUT2D eigenvalue weighted by molar-refractivity contribution is 8.77. The molecule has 100 heavy (non-hydrogen) atoms. The maximum atomic E-state index is 13.4. The second-order valence-corrected chi connectivity index (χ2v) is 31.1. The Morgan fingerprint density at radius 2 is 1.53 bits per heavy atom. The molecule has 1 aromatic heterocycles. The minimum absolute atomic E-state index is 0.00556. The molecule has 0 bridgehead atoms. The number of carboxylic acid groups (broad SMARTS) is 1. The number of nitrogens with zero attached hydrogens (tertiary/aromatic N) is 5. The zero-order chi connectivity index (χ0) is 73.8.